The lowest BCUT2D eigenvalue weighted by molar-refractivity contribution is -0.141. The Labute approximate surface area is 115 Å². The number of esters is 1. The number of ether oxygens (including phenoxy) is 1. The molecule has 0 aliphatic heterocycles. The Hall–Kier alpha value is -2.38. The Morgan fingerprint density at radius 1 is 1.55 bits per heavy atom. The van der Waals surface area contributed by atoms with Crippen molar-refractivity contribution < 1.29 is 9.53 Å². The number of aromatic nitrogens is 4. The van der Waals surface area contributed by atoms with Crippen LogP contribution in [0.15, 0.2) is 17.2 Å². The van der Waals surface area contributed by atoms with Gasteiger partial charge in [-0.05, 0) is 12.3 Å². The van der Waals surface area contributed by atoms with Crippen molar-refractivity contribution in [3.8, 4) is 0 Å². The molecule has 108 valence electrons. The molecule has 0 saturated carbocycles. The summed E-state index contributed by atoms with van der Waals surface area (Å²) in [6, 6.07) is 1.11. The molecule has 2 heterocycles. The Bertz CT molecular complexity index is 660. The summed E-state index contributed by atoms with van der Waals surface area (Å²) in [4.78, 5) is 27.1. The van der Waals surface area contributed by atoms with Gasteiger partial charge in [-0.25, -0.2) is 24.1 Å². The van der Waals surface area contributed by atoms with E-state index in [0.717, 1.165) is 0 Å². The summed E-state index contributed by atoms with van der Waals surface area (Å²) in [5.74, 6) is 0.440. The van der Waals surface area contributed by atoms with Crippen LogP contribution in [0.2, 0.25) is 0 Å². The highest BCUT2D eigenvalue weighted by atomic mass is 16.5. The number of hydrogen-bond acceptors (Lipinski definition) is 6. The molecule has 0 aliphatic rings. The van der Waals surface area contributed by atoms with Gasteiger partial charge < -0.3 is 10.1 Å². The van der Waals surface area contributed by atoms with Crippen molar-refractivity contribution in [2.45, 2.75) is 26.3 Å². The van der Waals surface area contributed by atoms with E-state index < -0.39 is 6.04 Å². The minimum atomic E-state index is -0.486. The molecule has 8 nitrogen and oxygen atoms in total. The molecular formula is C12H17N5O3. The van der Waals surface area contributed by atoms with E-state index in [1.54, 1.807) is 6.07 Å². The molecule has 2 aromatic rings. The summed E-state index contributed by atoms with van der Waals surface area (Å²) in [5.41, 5.74) is 0.0754. The molecule has 0 spiro atoms. The van der Waals surface area contributed by atoms with E-state index in [1.165, 1.54) is 17.8 Å². The van der Waals surface area contributed by atoms with Crippen LogP contribution in [0.1, 0.15) is 20.3 Å². The van der Waals surface area contributed by atoms with Crippen LogP contribution in [-0.2, 0) is 9.53 Å². The summed E-state index contributed by atoms with van der Waals surface area (Å²) < 4.78 is 6.05. The number of aromatic amines is 1. The van der Waals surface area contributed by atoms with Gasteiger partial charge in [0.25, 0.3) is 0 Å². The molecule has 1 atom stereocenters. The number of carbonyl (C=O) groups is 1. The second kappa shape index (κ2) is 5.72. The highest BCUT2D eigenvalue weighted by molar-refractivity contribution is 5.79. The topological polar surface area (TPSA) is 101 Å². The van der Waals surface area contributed by atoms with Gasteiger partial charge in [-0.15, -0.1) is 0 Å². The van der Waals surface area contributed by atoms with E-state index in [1.807, 2.05) is 13.8 Å². The normalized spacial score (nSPS) is 12.6. The predicted molar refractivity (Wildman–Crippen MR) is 72.5 cm³/mol. The van der Waals surface area contributed by atoms with Crippen molar-refractivity contribution in [1.82, 2.24) is 19.6 Å². The molecule has 0 aliphatic carbocycles. The van der Waals surface area contributed by atoms with Gasteiger partial charge in [0.1, 0.15) is 18.2 Å². The minimum absolute atomic E-state index is 0.323. The van der Waals surface area contributed by atoms with Crippen LogP contribution in [0.4, 0.5) is 5.82 Å². The van der Waals surface area contributed by atoms with Crippen LogP contribution in [-0.4, -0.2) is 38.7 Å². The smallest absolute Gasteiger partial charge is 0.348 e. The fourth-order valence-corrected chi connectivity index (χ4v) is 1.89. The first-order valence-corrected chi connectivity index (χ1v) is 6.28. The minimum Gasteiger partial charge on any atom is -0.467 e. The standard InChI is InChI=1S/C12H17N5O3/c1-7(2)4-8(11(18)20-3)14-9-5-10-15-16-12(19)17(10)6-13-9/h5-8,14H,4H2,1-3H3,(H,16,19). The van der Waals surface area contributed by atoms with Crippen LogP contribution in [0, 0.1) is 5.92 Å². The second-order valence-corrected chi connectivity index (χ2v) is 4.88. The first-order chi connectivity index (χ1) is 9.51. The Morgan fingerprint density at radius 3 is 2.95 bits per heavy atom. The number of fused-ring (bicyclic) bond motifs is 1. The SMILES string of the molecule is COC(=O)C(CC(C)C)Nc1cc2n[nH]c(=O)n2cn1. The zero-order valence-corrected chi connectivity index (χ0v) is 11.6. The molecule has 0 fully saturated rings. The second-order valence-electron chi connectivity index (χ2n) is 4.88. The van der Waals surface area contributed by atoms with E-state index in [9.17, 15) is 9.59 Å². The number of nitrogens with zero attached hydrogens (tertiary/aromatic N) is 3. The molecule has 0 radical (unpaired) electrons. The fourth-order valence-electron chi connectivity index (χ4n) is 1.89. The van der Waals surface area contributed by atoms with Crippen LogP contribution in [0.5, 0.6) is 0 Å². The predicted octanol–water partition coefficient (Wildman–Crippen LogP) is 0.417. The van der Waals surface area contributed by atoms with Crippen molar-refractivity contribution in [2.24, 2.45) is 5.92 Å². The van der Waals surface area contributed by atoms with E-state index in [4.69, 9.17) is 4.74 Å². The molecule has 0 amide bonds. The van der Waals surface area contributed by atoms with Gasteiger partial charge in [0.2, 0.25) is 0 Å². The lowest BCUT2D eigenvalue weighted by Gasteiger charge is -2.18. The summed E-state index contributed by atoms with van der Waals surface area (Å²) in [5, 5.41) is 9.17. The number of rotatable bonds is 5. The van der Waals surface area contributed by atoms with E-state index in [0.29, 0.717) is 23.8 Å². The van der Waals surface area contributed by atoms with Gasteiger partial charge in [0.05, 0.1) is 7.11 Å². The average molecular weight is 279 g/mol. The van der Waals surface area contributed by atoms with Gasteiger partial charge in [0.15, 0.2) is 5.65 Å². The Kier molecular flexibility index (Phi) is 4.02. The molecule has 2 N–H and O–H groups in total. The summed E-state index contributed by atoms with van der Waals surface area (Å²) >= 11 is 0. The van der Waals surface area contributed by atoms with Gasteiger partial charge in [0, 0.05) is 6.07 Å². The van der Waals surface area contributed by atoms with Gasteiger partial charge >= 0.3 is 11.7 Å². The van der Waals surface area contributed by atoms with Crippen molar-refractivity contribution in [1.29, 1.82) is 0 Å². The van der Waals surface area contributed by atoms with Gasteiger partial charge in [-0.3, -0.25) is 0 Å². The lowest BCUT2D eigenvalue weighted by atomic mass is 10.0. The molecule has 20 heavy (non-hydrogen) atoms. The molecular weight excluding hydrogens is 262 g/mol. The zero-order chi connectivity index (χ0) is 14.7. The average Bonchev–Trinajstić information content (AvgIpc) is 2.78. The highest BCUT2D eigenvalue weighted by Gasteiger charge is 2.21. The Morgan fingerprint density at radius 2 is 2.30 bits per heavy atom. The summed E-state index contributed by atoms with van der Waals surface area (Å²) in [6.07, 6.45) is 1.97. The maximum absolute atomic E-state index is 11.7. The first kappa shape index (κ1) is 14.0. The summed E-state index contributed by atoms with van der Waals surface area (Å²) in [7, 11) is 1.35. The van der Waals surface area contributed by atoms with E-state index in [-0.39, 0.29) is 11.7 Å². The Balaban J connectivity index is 2.23. The van der Waals surface area contributed by atoms with E-state index >= 15 is 0 Å². The maximum Gasteiger partial charge on any atom is 0.348 e. The third-order valence-electron chi connectivity index (χ3n) is 2.82. The molecule has 0 saturated heterocycles. The van der Waals surface area contributed by atoms with Crippen molar-refractivity contribution in [3.05, 3.63) is 22.9 Å². The van der Waals surface area contributed by atoms with Crippen LogP contribution < -0.4 is 11.0 Å². The zero-order valence-electron chi connectivity index (χ0n) is 11.6. The van der Waals surface area contributed by atoms with Crippen LogP contribution >= 0.6 is 0 Å². The third-order valence-corrected chi connectivity index (χ3v) is 2.82. The summed E-state index contributed by atoms with van der Waals surface area (Å²) in [6.45, 7) is 4.03. The van der Waals surface area contributed by atoms with Crippen molar-refractivity contribution >= 4 is 17.4 Å². The molecule has 2 rings (SSSR count). The first-order valence-electron chi connectivity index (χ1n) is 6.28. The maximum atomic E-state index is 11.7. The van der Waals surface area contributed by atoms with E-state index in [2.05, 4.69) is 20.5 Å². The fraction of sp³-hybridized carbons (Fsp3) is 0.500. The van der Waals surface area contributed by atoms with Crippen LogP contribution in [0.25, 0.3) is 5.65 Å². The highest BCUT2D eigenvalue weighted by Crippen LogP contribution is 2.13. The monoisotopic (exact) mass is 279 g/mol. The quantitative estimate of drug-likeness (QED) is 0.769. The molecule has 0 bridgehead atoms. The molecule has 1 unspecified atom stereocenters. The number of anilines is 1. The van der Waals surface area contributed by atoms with Crippen LogP contribution in [0.3, 0.4) is 0 Å². The van der Waals surface area contributed by atoms with Gasteiger partial charge in [-0.2, -0.15) is 5.10 Å². The number of methoxy groups -OCH3 is 1. The molecule has 0 aromatic carbocycles. The third kappa shape index (κ3) is 2.95. The van der Waals surface area contributed by atoms with Gasteiger partial charge in [-0.1, -0.05) is 13.8 Å². The molecule has 8 heteroatoms. The van der Waals surface area contributed by atoms with Crippen molar-refractivity contribution in [2.75, 3.05) is 12.4 Å². The molecule has 2 aromatic heterocycles. The number of hydrogen-bond donors (Lipinski definition) is 2. The lowest BCUT2D eigenvalue weighted by Crippen LogP contribution is -2.32. The number of H-pyrrole nitrogens is 1. The largest absolute Gasteiger partial charge is 0.467 e. The van der Waals surface area contributed by atoms with Crippen molar-refractivity contribution in [3.63, 3.8) is 0 Å². The number of nitrogens with one attached hydrogen (secondary N) is 2. The number of carbonyl (C=O) groups excluding carboxylic acids is 1.